The van der Waals surface area contributed by atoms with E-state index in [1.54, 1.807) is 0 Å². The molecule has 0 amide bonds. The minimum atomic E-state index is -0.437. The molecule has 0 radical (unpaired) electrons. The minimum Gasteiger partial charge on any atom is -0.486 e. The first kappa shape index (κ1) is 20.5. The van der Waals surface area contributed by atoms with E-state index in [-0.39, 0.29) is 5.70 Å². The van der Waals surface area contributed by atoms with Gasteiger partial charge in [-0.3, -0.25) is 0 Å². The summed E-state index contributed by atoms with van der Waals surface area (Å²) in [7, 11) is 2.07. The number of anilines is 1. The van der Waals surface area contributed by atoms with E-state index in [0.717, 1.165) is 30.5 Å². The van der Waals surface area contributed by atoms with E-state index in [0.29, 0.717) is 12.2 Å². The van der Waals surface area contributed by atoms with Crippen LogP contribution in [0, 0.1) is 17.9 Å². The van der Waals surface area contributed by atoms with Gasteiger partial charge >= 0.3 is 0 Å². The van der Waals surface area contributed by atoms with Crippen LogP contribution in [0.5, 0.6) is 0 Å². The third-order valence-corrected chi connectivity index (χ3v) is 6.08. The van der Waals surface area contributed by atoms with Crippen molar-refractivity contribution in [3.8, 4) is 6.07 Å². The maximum absolute atomic E-state index is 9.45. The molecule has 0 bridgehead atoms. The SMILES string of the molecule is [C-]#[N+]/C(C#N)=C1C=C(/C=C/c2ccc(N(C)CC)cc2)OC2(C/1)Cc1ccccc1C2. The molecule has 1 aliphatic carbocycles. The Morgan fingerprint density at radius 1 is 1.13 bits per heavy atom. The van der Waals surface area contributed by atoms with Crippen molar-refractivity contribution in [2.75, 3.05) is 18.5 Å². The Morgan fingerprint density at radius 3 is 2.39 bits per heavy atom. The maximum atomic E-state index is 9.45. The Labute approximate surface area is 184 Å². The van der Waals surface area contributed by atoms with Crippen molar-refractivity contribution in [2.45, 2.75) is 31.8 Å². The van der Waals surface area contributed by atoms with Crippen molar-refractivity contribution in [3.63, 3.8) is 0 Å². The molecule has 4 rings (SSSR count). The average molecular weight is 408 g/mol. The van der Waals surface area contributed by atoms with Gasteiger partial charge in [0.2, 0.25) is 0 Å². The highest BCUT2D eigenvalue weighted by Crippen LogP contribution is 2.43. The molecule has 1 spiro atoms. The molecule has 0 N–H and O–H groups in total. The zero-order valence-electron chi connectivity index (χ0n) is 17.9. The third-order valence-electron chi connectivity index (χ3n) is 6.08. The molecule has 2 aromatic carbocycles. The number of benzene rings is 2. The van der Waals surface area contributed by atoms with Crippen LogP contribution >= 0.6 is 0 Å². The van der Waals surface area contributed by atoms with E-state index in [9.17, 15) is 5.26 Å². The van der Waals surface area contributed by atoms with E-state index in [2.05, 4.69) is 66.2 Å². The average Bonchev–Trinajstić information content (AvgIpc) is 3.14. The first-order valence-electron chi connectivity index (χ1n) is 10.5. The topological polar surface area (TPSA) is 40.6 Å². The van der Waals surface area contributed by atoms with Gasteiger partial charge in [0.05, 0.1) is 12.6 Å². The summed E-state index contributed by atoms with van der Waals surface area (Å²) in [5.74, 6) is 0.695. The maximum Gasteiger partial charge on any atom is 0.265 e. The lowest BCUT2D eigenvalue weighted by atomic mass is 9.87. The van der Waals surface area contributed by atoms with Gasteiger partial charge < -0.3 is 9.64 Å². The number of hydrogen-bond donors (Lipinski definition) is 0. The van der Waals surface area contributed by atoms with Gasteiger partial charge in [0.25, 0.3) is 5.70 Å². The number of fused-ring (bicyclic) bond motifs is 1. The minimum absolute atomic E-state index is 0.150. The highest BCUT2D eigenvalue weighted by molar-refractivity contribution is 5.58. The van der Waals surface area contributed by atoms with E-state index in [4.69, 9.17) is 11.3 Å². The fourth-order valence-electron chi connectivity index (χ4n) is 4.35. The lowest BCUT2D eigenvalue weighted by molar-refractivity contribution is 0.0108. The predicted molar refractivity (Wildman–Crippen MR) is 124 cm³/mol. The fraction of sp³-hybridized carbons (Fsp3) is 0.259. The molecule has 0 atom stereocenters. The van der Waals surface area contributed by atoms with Gasteiger partial charge in [-0.1, -0.05) is 42.5 Å². The Morgan fingerprint density at radius 2 is 1.81 bits per heavy atom. The molecule has 4 heteroatoms. The number of hydrogen-bond acceptors (Lipinski definition) is 3. The Hall–Kier alpha value is -3.76. The monoisotopic (exact) mass is 407 g/mol. The highest BCUT2D eigenvalue weighted by Gasteiger charge is 2.42. The number of nitrogens with zero attached hydrogens (tertiary/aromatic N) is 3. The molecule has 4 nitrogen and oxygen atoms in total. The summed E-state index contributed by atoms with van der Waals surface area (Å²) in [6.45, 7) is 10.5. The van der Waals surface area contributed by atoms with E-state index >= 15 is 0 Å². The van der Waals surface area contributed by atoms with Crippen molar-refractivity contribution in [2.24, 2.45) is 0 Å². The van der Waals surface area contributed by atoms with Crippen molar-refractivity contribution in [1.29, 1.82) is 5.26 Å². The van der Waals surface area contributed by atoms with E-state index in [1.807, 2.05) is 30.4 Å². The molecule has 0 saturated heterocycles. The summed E-state index contributed by atoms with van der Waals surface area (Å²) in [5.41, 5.74) is 5.29. The molecule has 31 heavy (non-hydrogen) atoms. The first-order valence-corrected chi connectivity index (χ1v) is 10.5. The Bertz CT molecular complexity index is 1120. The highest BCUT2D eigenvalue weighted by atomic mass is 16.5. The second-order valence-electron chi connectivity index (χ2n) is 8.17. The molecule has 0 saturated carbocycles. The number of allylic oxidation sites excluding steroid dienone is 3. The van der Waals surface area contributed by atoms with Gasteiger partial charge in [0, 0.05) is 38.5 Å². The van der Waals surface area contributed by atoms with E-state index in [1.165, 1.54) is 16.8 Å². The predicted octanol–water partition coefficient (Wildman–Crippen LogP) is 5.69. The molecule has 1 aliphatic heterocycles. The summed E-state index contributed by atoms with van der Waals surface area (Å²) in [5, 5.41) is 9.45. The number of ether oxygens (including phenoxy) is 1. The molecule has 2 aliphatic rings. The zero-order chi connectivity index (χ0) is 21.8. The standard InChI is InChI=1S/C27H25N3O/c1-4-30(3)24-12-9-20(10-13-24)11-14-25-15-23(26(19-28)29-2)18-27(31-25)16-21-7-5-6-8-22(21)17-27/h5-15H,4,16-18H2,1,3H3/b14-11+,26-23-. The Kier molecular flexibility index (Phi) is 5.65. The molecule has 0 unspecified atom stereocenters. The molecular weight excluding hydrogens is 382 g/mol. The number of rotatable bonds is 4. The van der Waals surface area contributed by atoms with Crippen LogP contribution in [-0.4, -0.2) is 19.2 Å². The lowest BCUT2D eigenvalue weighted by Crippen LogP contribution is -2.36. The van der Waals surface area contributed by atoms with E-state index < -0.39 is 5.60 Å². The summed E-state index contributed by atoms with van der Waals surface area (Å²) >= 11 is 0. The van der Waals surface area contributed by atoms with Crippen molar-refractivity contribution >= 4 is 11.8 Å². The molecule has 1 heterocycles. The summed E-state index contributed by atoms with van der Waals surface area (Å²) in [4.78, 5) is 5.65. The lowest BCUT2D eigenvalue weighted by Gasteiger charge is -2.35. The van der Waals surface area contributed by atoms with Crippen LogP contribution in [0.4, 0.5) is 5.69 Å². The first-order chi connectivity index (χ1) is 15.1. The molecule has 2 aromatic rings. The van der Waals surface area contributed by atoms with Crippen LogP contribution in [0.25, 0.3) is 10.9 Å². The summed E-state index contributed by atoms with van der Waals surface area (Å²) in [6.07, 6.45) is 7.95. The Balaban J connectivity index is 1.63. The van der Waals surface area contributed by atoms with Crippen LogP contribution in [0.3, 0.4) is 0 Å². The normalized spacial score (nSPS) is 18.0. The second kappa shape index (κ2) is 8.54. The smallest absolute Gasteiger partial charge is 0.265 e. The van der Waals surface area contributed by atoms with Crippen molar-refractivity contribution in [1.82, 2.24) is 0 Å². The quantitative estimate of drug-likeness (QED) is 0.483. The van der Waals surface area contributed by atoms with Crippen LogP contribution in [0.15, 0.2) is 77.7 Å². The summed E-state index contributed by atoms with van der Waals surface area (Å²) in [6, 6.07) is 18.8. The van der Waals surface area contributed by atoms with Crippen molar-refractivity contribution < 1.29 is 4.74 Å². The molecular formula is C27H25N3O. The summed E-state index contributed by atoms with van der Waals surface area (Å²) < 4.78 is 6.51. The van der Waals surface area contributed by atoms with Crippen LogP contribution in [-0.2, 0) is 17.6 Å². The third kappa shape index (κ3) is 4.25. The van der Waals surface area contributed by atoms with Gasteiger partial charge in [0.15, 0.2) is 0 Å². The van der Waals surface area contributed by atoms with Gasteiger partial charge in [-0.2, -0.15) is 0 Å². The number of nitriles is 1. The van der Waals surface area contributed by atoms with Crippen LogP contribution in [0.2, 0.25) is 0 Å². The molecule has 0 aromatic heterocycles. The van der Waals surface area contributed by atoms with Gasteiger partial charge in [0.1, 0.15) is 11.4 Å². The van der Waals surface area contributed by atoms with Gasteiger partial charge in [-0.15, -0.1) is 0 Å². The van der Waals surface area contributed by atoms with Crippen molar-refractivity contribution in [3.05, 3.63) is 106 Å². The van der Waals surface area contributed by atoms with Crippen LogP contribution < -0.4 is 4.90 Å². The zero-order valence-corrected chi connectivity index (χ0v) is 17.9. The molecule has 0 fully saturated rings. The largest absolute Gasteiger partial charge is 0.486 e. The fourth-order valence-corrected chi connectivity index (χ4v) is 4.35. The van der Waals surface area contributed by atoms with Gasteiger partial charge in [-0.25, -0.2) is 10.1 Å². The van der Waals surface area contributed by atoms with Gasteiger partial charge in [-0.05, 0) is 53.5 Å². The molecule has 154 valence electrons. The second-order valence-corrected chi connectivity index (χ2v) is 8.17. The van der Waals surface area contributed by atoms with Crippen LogP contribution in [0.1, 0.15) is 30.0 Å².